The van der Waals surface area contributed by atoms with Crippen molar-refractivity contribution in [1.29, 1.82) is 0 Å². The molecule has 0 aliphatic heterocycles. The minimum absolute atomic E-state index is 0.229. The predicted octanol–water partition coefficient (Wildman–Crippen LogP) is 3.09. The lowest BCUT2D eigenvalue weighted by Crippen LogP contribution is -2.28. The molecule has 0 spiro atoms. The van der Waals surface area contributed by atoms with Crippen LogP contribution < -0.4 is 11.3 Å². The highest BCUT2D eigenvalue weighted by atomic mass is 35.5. The average molecular weight is 257 g/mol. The fourth-order valence-corrected chi connectivity index (χ4v) is 2.66. The van der Waals surface area contributed by atoms with Crippen LogP contribution in [0.3, 0.4) is 0 Å². The zero-order valence-corrected chi connectivity index (χ0v) is 9.86. The number of hydrogen-bond acceptors (Lipinski definition) is 3. The number of hydrazine groups is 1. The molecule has 0 fully saturated rings. The molecule has 1 aromatic heterocycles. The molecule has 3 N–H and O–H groups in total. The number of nitrogens with two attached hydrogens (primary N) is 1. The van der Waals surface area contributed by atoms with Crippen molar-refractivity contribution in [2.75, 3.05) is 0 Å². The SMILES string of the molecule is NNC(c1cccc(F)c1)c1ccc(Cl)s1. The Labute approximate surface area is 102 Å². The molecular formula is C11H10ClFN2S. The van der Waals surface area contributed by atoms with Crippen molar-refractivity contribution in [2.45, 2.75) is 6.04 Å². The van der Waals surface area contributed by atoms with Crippen LogP contribution in [-0.4, -0.2) is 0 Å². The van der Waals surface area contributed by atoms with Crippen LogP contribution in [0.4, 0.5) is 4.39 Å². The average Bonchev–Trinajstić information content (AvgIpc) is 2.66. The fourth-order valence-electron chi connectivity index (χ4n) is 1.51. The third-order valence-electron chi connectivity index (χ3n) is 2.23. The van der Waals surface area contributed by atoms with Gasteiger partial charge in [-0.05, 0) is 29.8 Å². The van der Waals surface area contributed by atoms with Gasteiger partial charge >= 0.3 is 0 Å². The Hall–Kier alpha value is -0.940. The molecule has 0 bridgehead atoms. The van der Waals surface area contributed by atoms with E-state index in [1.165, 1.54) is 23.5 Å². The molecule has 0 radical (unpaired) electrons. The van der Waals surface area contributed by atoms with Gasteiger partial charge in [-0.3, -0.25) is 5.84 Å². The first-order valence-electron chi connectivity index (χ1n) is 4.67. The number of thiophene rings is 1. The van der Waals surface area contributed by atoms with Gasteiger partial charge in [0.1, 0.15) is 5.82 Å². The van der Waals surface area contributed by atoms with E-state index in [0.29, 0.717) is 4.34 Å². The zero-order chi connectivity index (χ0) is 11.5. The Morgan fingerprint density at radius 3 is 2.69 bits per heavy atom. The van der Waals surface area contributed by atoms with Crippen molar-refractivity contribution in [3.05, 3.63) is 57.0 Å². The smallest absolute Gasteiger partial charge is 0.123 e. The van der Waals surface area contributed by atoms with Gasteiger partial charge in [0, 0.05) is 4.88 Å². The van der Waals surface area contributed by atoms with Crippen molar-refractivity contribution in [2.24, 2.45) is 5.84 Å². The van der Waals surface area contributed by atoms with E-state index in [1.54, 1.807) is 12.1 Å². The van der Waals surface area contributed by atoms with Gasteiger partial charge in [0.05, 0.1) is 10.4 Å². The van der Waals surface area contributed by atoms with E-state index < -0.39 is 0 Å². The van der Waals surface area contributed by atoms with E-state index >= 15 is 0 Å². The molecule has 0 aliphatic rings. The van der Waals surface area contributed by atoms with Crippen molar-refractivity contribution in [1.82, 2.24) is 5.43 Å². The first kappa shape index (κ1) is 11.5. The molecule has 5 heteroatoms. The molecule has 0 aliphatic carbocycles. The summed E-state index contributed by atoms with van der Waals surface area (Å²) in [6.07, 6.45) is 0. The van der Waals surface area contributed by atoms with Crippen molar-refractivity contribution in [3.8, 4) is 0 Å². The molecular weight excluding hydrogens is 247 g/mol. The molecule has 2 aromatic rings. The van der Waals surface area contributed by atoms with Crippen molar-refractivity contribution < 1.29 is 4.39 Å². The number of halogens is 2. The van der Waals surface area contributed by atoms with E-state index in [4.69, 9.17) is 17.4 Å². The Morgan fingerprint density at radius 1 is 1.31 bits per heavy atom. The quantitative estimate of drug-likeness (QED) is 0.654. The zero-order valence-electron chi connectivity index (χ0n) is 8.28. The second kappa shape index (κ2) is 4.93. The van der Waals surface area contributed by atoms with Crippen LogP contribution in [0.1, 0.15) is 16.5 Å². The highest BCUT2D eigenvalue weighted by Gasteiger charge is 2.14. The number of rotatable bonds is 3. The number of benzene rings is 1. The first-order chi connectivity index (χ1) is 7.70. The molecule has 16 heavy (non-hydrogen) atoms. The van der Waals surface area contributed by atoms with Gasteiger partial charge in [0.2, 0.25) is 0 Å². The normalized spacial score (nSPS) is 12.7. The second-order valence-electron chi connectivity index (χ2n) is 3.30. The van der Waals surface area contributed by atoms with Crippen LogP contribution in [0, 0.1) is 5.82 Å². The summed E-state index contributed by atoms with van der Waals surface area (Å²) in [6, 6.07) is 9.78. The summed E-state index contributed by atoms with van der Waals surface area (Å²) in [5.41, 5.74) is 3.44. The second-order valence-corrected chi connectivity index (χ2v) is 5.04. The molecule has 84 valence electrons. The van der Waals surface area contributed by atoms with Crippen LogP contribution in [0.5, 0.6) is 0 Å². The topological polar surface area (TPSA) is 38.0 Å². The highest BCUT2D eigenvalue weighted by Crippen LogP contribution is 2.30. The first-order valence-corrected chi connectivity index (χ1v) is 5.87. The van der Waals surface area contributed by atoms with Crippen LogP contribution >= 0.6 is 22.9 Å². The molecule has 0 saturated heterocycles. The van der Waals surface area contributed by atoms with E-state index in [2.05, 4.69) is 5.43 Å². The molecule has 2 rings (SSSR count). The number of hydrogen-bond donors (Lipinski definition) is 2. The fraction of sp³-hybridized carbons (Fsp3) is 0.0909. The Bertz CT molecular complexity index is 486. The summed E-state index contributed by atoms with van der Waals surface area (Å²) < 4.78 is 13.8. The van der Waals surface area contributed by atoms with Gasteiger partial charge in [0.25, 0.3) is 0 Å². The van der Waals surface area contributed by atoms with Crippen molar-refractivity contribution >= 4 is 22.9 Å². The van der Waals surface area contributed by atoms with E-state index in [-0.39, 0.29) is 11.9 Å². The van der Waals surface area contributed by atoms with E-state index in [0.717, 1.165) is 10.4 Å². The largest absolute Gasteiger partial charge is 0.271 e. The van der Waals surface area contributed by atoms with Gasteiger partial charge < -0.3 is 0 Å². The summed E-state index contributed by atoms with van der Waals surface area (Å²) in [7, 11) is 0. The Kier molecular flexibility index (Phi) is 3.56. The highest BCUT2D eigenvalue weighted by molar-refractivity contribution is 7.16. The van der Waals surface area contributed by atoms with Gasteiger partial charge in [-0.1, -0.05) is 23.7 Å². The maximum absolute atomic E-state index is 13.1. The Morgan fingerprint density at radius 2 is 2.12 bits per heavy atom. The lowest BCUT2D eigenvalue weighted by atomic mass is 10.1. The molecule has 2 nitrogen and oxygen atoms in total. The maximum atomic E-state index is 13.1. The third-order valence-corrected chi connectivity index (χ3v) is 3.52. The lowest BCUT2D eigenvalue weighted by Gasteiger charge is -2.14. The summed E-state index contributed by atoms with van der Waals surface area (Å²) in [6.45, 7) is 0. The van der Waals surface area contributed by atoms with Gasteiger partial charge in [0.15, 0.2) is 0 Å². The summed E-state index contributed by atoms with van der Waals surface area (Å²) in [5.74, 6) is 5.21. The minimum Gasteiger partial charge on any atom is -0.271 e. The van der Waals surface area contributed by atoms with Crippen molar-refractivity contribution in [3.63, 3.8) is 0 Å². The Balaban J connectivity index is 2.36. The lowest BCUT2D eigenvalue weighted by molar-refractivity contribution is 0.609. The van der Waals surface area contributed by atoms with Crippen LogP contribution in [0.25, 0.3) is 0 Å². The van der Waals surface area contributed by atoms with E-state index in [1.807, 2.05) is 12.1 Å². The number of nitrogens with one attached hydrogen (secondary N) is 1. The monoisotopic (exact) mass is 256 g/mol. The van der Waals surface area contributed by atoms with E-state index in [9.17, 15) is 4.39 Å². The molecule has 0 saturated carbocycles. The molecule has 0 amide bonds. The molecule has 1 atom stereocenters. The predicted molar refractivity (Wildman–Crippen MR) is 64.9 cm³/mol. The standard InChI is InChI=1S/C11H10ClFN2S/c12-10-5-4-9(16-10)11(15-14)7-2-1-3-8(13)6-7/h1-6,11,15H,14H2. The van der Waals surface area contributed by atoms with Crippen LogP contribution in [0.2, 0.25) is 4.34 Å². The molecule has 1 aromatic carbocycles. The van der Waals surface area contributed by atoms with Crippen LogP contribution in [0.15, 0.2) is 36.4 Å². The molecule has 1 heterocycles. The summed E-state index contributed by atoms with van der Waals surface area (Å²) >= 11 is 7.28. The van der Waals surface area contributed by atoms with Gasteiger partial charge in [-0.25, -0.2) is 9.82 Å². The van der Waals surface area contributed by atoms with Crippen LogP contribution in [-0.2, 0) is 0 Å². The summed E-state index contributed by atoms with van der Waals surface area (Å²) in [4.78, 5) is 0.957. The molecule has 1 unspecified atom stereocenters. The van der Waals surface area contributed by atoms with Gasteiger partial charge in [-0.15, -0.1) is 11.3 Å². The maximum Gasteiger partial charge on any atom is 0.123 e. The third kappa shape index (κ3) is 2.41. The summed E-state index contributed by atoms with van der Waals surface area (Å²) in [5, 5.41) is 0. The van der Waals surface area contributed by atoms with Gasteiger partial charge in [-0.2, -0.15) is 0 Å². The minimum atomic E-state index is -0.277.